The third kappa shape index (κ3) is 3.34. The molecule has 2 nitrogen and oxygen atoms in total. The molecule has 126 valence electrons. The van der Waals surface area contributed by atoms with Crippen LogP contribution in [0.2, 0.25) is 0 Å². The lowest BCUT2D eigenvalue weighted by molar-refractivity contribution is 0.218. The van der Waals surface area contributed by atoms with Crippen molar-refractivity contribution in [1.29, 1.82) is 0 Å². The summed E-state index contributed by atoms with van der Waals surface area (Å²) >= 11 is 0. The SMILES string of the molecule is Oc1c2ccc(c1CN1CCCCC1)CCc1ccc(cc1)CC2. The van der Waals surface area contributed by atoms with Crippen molar-refractivity contribution in [1.82, 2.24) is 4.90 Å². The Morgan fingerprint density at radius 1 is 0.708 bits per heavy atom. The maximum Gasteiger partial charge on any atom is 0.123 e. The van der Waals surface area contributed by atoms with Crippen molar-refractivity contribution in [3.05, 3.63) is 64.2 Å². The molecule has 0 atom stereocenters. The predicted octanol–water partition coefficient (Wildman–Crippen LogP) is 4.26. The highest BCUT2D eigenvalue weighted by molar-refractivity contribution is 5.47. The summed E-state index contributed by atoms with van der Waals surface area (Å²) in [5, 5.41) is 10.9. The van der Waals surface area contributed by atoms with Crippen LogP contribution in [-0.4, -0.2) is 23.1 Å². The minimum atomic E-state index is 0.563. The van der Waals surface area contributed by atoms with Gasteiger partial charge in [0.2, 0.25) is 0 Å². The quantitative estimate of drug-likeness (QED) is 0.893. The molecule has 0 radical (unpaired) electrons. The number of nitrogens with zero attached hydrogens (tertiary/aromatic N) is 1. The fourth-order valence-corrected chi connectivity index (χ4v) is 4.11. The Bertz CT molecular complexity index is 699. The molecule has 1 saturated heterocycles. The van der Waals surface area contributed by atoms with Gasteiger partial charge >= 0.3 is 0 Å². The summed E-state index contributed by atoms with van der Waals surface area (Å²) in [4.78, 5) is 2.52. The maximum atomic E-state index is 10.9. The molecule has 1 N–H and O–H groups in total. The summed E-state index contributed by atoms with van der Waals surface area (Å²) in [6.45, 7) is 3.25. The molecule has 2 heteroatoms. The van der Waals surface area contributed by atoms with E-state index in [2.05, 4.69) is 41.3 Å². The van der Waals surface area contributed by atoms with Gasteiger partial charge in [-0.3, -0.25) is 4.90 Å². The summed E-state index contributed by atoms with van der Waals surface area (Å²) in [6, 6.07) is 13.4. The number of aryl methyl sites for hydroxylation is 4. The van der Waals surface area contributed by atoms with E-state index in [1.807, 2.05) is 0 Å². The molecular weight excluding hydrogens is 294 g/mol. The molecule has 0 amide bonds. The van der Waals surface area contributed by atoms with Crippen LogP contribution < -0.4 is 0 Å². The van der Waals surface area contributed by atoms with E-state index in [-0.39, 0.29) is 0 Å². The first-order chi connectivity index (χ1) is 11.8. The first-order valence-electron chi connectivity index (χ1n) is 9.42. The second kappa shape index (κ2) is 6.98. The number of hydrogen-bond acceptors (Lipinski definition) is 2. The van der Waals surface area contributed by atoms with Crippen molar-refractivity contribution in [2.75, 3.05) is 13.1 Å². The molecule has 5 aliphatic rings. The van der Waals surface area contributed by atoms with Crippen molar-refractivity contribution >= 4 is 0 Å². The lowest BCUT2D eigenvalue weighted by Gasteiger charge is -2.28. The Hall–Kier alpha value is -1.80. The average Bonchev–Trinajstić information content (AvgIpc) is 2.61. The molecule has 2 aromatic rings. The van der Waals surface area contributed by atoms with Crippen molar-refractivity contribution in [2.45, 2.75) is 51.5 Å². The number of rotatable bonds is 2. The van der Waals surface area contributed by atoms with E-state index in [4.69, 9.17) is 0 Å². The van der Waals surface area contributed by atoms with Gasteiger partial charge in [0.05, 0.1) is 0 Å². The van der Waals surface area contributed by atoms with E-state index in [1.54, 1.807) is 0 Å². The second-order valence-corrected chi connectivity index (χ2v) is 7.36. The van der Waals surface area contributed by atoms with Crippen LogP contribution >= 0.6 is 0 Å². The van der Waals surface area contributed by atoms with Crippen LogP contribution in [0.4, 0.5) is 0 Å². The highest BCUT2D eigenvalue weighted by atomic mass is 16.3. The number of phenolic OH excluding ortho intramolecular Hbond substituents is 1. The molecule has 1 heterocycles. The fraction of sp³-hybridized carbons (Fsp3) is 0.455. The van der Waals surface area contributed by atoms with E-state index in [9.17, 15) is 5.11 Å². The minimum Gasteiger partial charge on any atom is -0.507 e. The lowest BCUT2D eigenvalue weighted by Crippen LogP contribution is -2.29. The zero-order valence-electron chi connectivity index (χ0n) is 14.4. The minimum absolute atomic E-state index is 0.563. The predicted molar refractivity (Wildman–Crippen MR) is 98.5 cm³/mol. The average molecular weight is 321 g/mol. The van der Waals surface area contributed by atoms with Gasteiger partial charge in [-0.2, -0.15) is 0 Å². The van der Waals surface area contributed by atoms with E-state index in [0.29, 0.717) is 5.75 Å². The summed E-state index contributed by atoms with van der Waals surface area (Å²) in [5.74, 6) is 0.563. The van der Waals surface area contributed by atoms with E-state index in [1.165, 1.54) is 54.6 Å². The van der Waals surface area contributed by atoms with Gasteiger partial charge in [-0.05, 0) is 73.9 Å². The van der Waals surface area contributed by atoms with Gasteiger partial charge in [-0.1, -0.05) is 42.8 Å². The first kappa shape index (κ1) is 15.7. The molecule has 7 rings (SSSR count). The second-order valence-electron chi connectivity index (χ2n) is 7.36. The number of piperidine rings is 1. The van der Waals surface area contributed by atoms with Gasteiger partial charge in [0, 0.05) is 12.1 Å². The number of benzene rings is 2. The van der Waals surface area contributed by atoms with Gasteiger partial charge in [0.1, 0.15) is 5.75 Å². The van der Waals surface area contributed by atoms with Crippen LogP contribution in [0.1, 0.15) is 47.1 Å². The Morgan fingerprint density at radius 2 is 1.29 bits per heavy atom. The first-order valence-corrected chi connectivity index (χ1v) is 9.42. The Kier molecular flexibility index (Phi) is 4.57. The Labute approximate surface area is 145 Å². The van der Waals surface area contributed by atoms with Crippen LogP contribution in [0.3, 0.4) is 0 Å². The van der Waals surface area contributed by atoms with Crippen molar-refractivity contribution in [3.63, 3.8) is 0 Å². The maximum absolute atomic E-state index is 10.9. The normalized spacial score (nSPS) is 18.3. The number of likely N-dealkylation sites (tertiary alicyclic amines) is 1. The van der Waals surface area contributed by atoms with Crippen LogP contribution in [0, 0.1) is 0 Å². The zero-order chi connectivity index (χ0) is 16.4. The van der Waals surface area contributed by atoms with Gasteiger partial charge < -0.3 is 5.11 Å². The van der Waals surface area contributed by atoms with Gasteiger partial charge in [0.15, 0.2) is 0 Å². The van der Waals surface area contributed by atoms with Crippen LogP contribution in [0.5, 0.6) is 5.75 Å². The number of phenols is 1. The third-order valence-electron chi connectivity index (χ3n) is 5.68. The molecule has 0 saturated carbocycles. The number of aromatic hydroxyl groups is 1. The van der Waals surface area contributed by atoms with Crippen LogP contribution in [-0.2, 0) is 32.2 Å². The smallest absolute Gasteiger partial charge is 0.123 e. The molecule has 0 unspecified atom stereocenters. The van der Waals surface area contributed by atoms with Gasteiger partial charge in [0.25, 0.3) is 0 Å². The standard InChI is InChI=1S/C22H27NO/c24-22-20-11-9-18-6-4-17(5-7-18)8-10-19(12-13-20)21(22)16-23-14-2-1-3-15-23/h4-7,12-13,24H,1-3,8-11,14-16H2. The highest BCUT2D eigenvalue weighted by Crippen LogP contribution is 2.31. The Morgan fingerprint density at radius 3 is 1.96 bits per heavy atom. The summed E-state index contributed by atoms with van der Waals surface area (Å²) in [6.07, 6.45) is 7.91. The summed E-state index contributed by atoms with van der Waals surface area (Å²) in [5.41, 5.74) is 6.37. The molecule has 2 aromatic carbocycles. The third-order valence-corrected chi connectivity index (χ3v) is 5.68. The van der Waals surface area contributed by atoms with Crippen LogP contribution in [0.15, 0.2) is 36.4 Å². The lowest BCUT2D eigenvalue weighted by atomic mass is 9.92. The van der Waals surface area contributed by atoms with E-state index < -0.39 is 0 Å². The molecule has 4 bridgehead atoms. The summed E-state index contributed by atoms with van der Waals surface area (Å²) in [7, 11) is 0. The van der Waals surface area contributed by atoms with Crippen molar-refractivity contribution in [2.24, 2.45) is 0 Å². The Balaban J connectivity index is 1.66. The highest BCUT2D eigenvalue weighted by Gasteiger charge is 2.18. The zero-order valence-corrected chi connectivity index (χ0v) is 14.4. The van der Waals surface area contributed by atoms with Crippen molar-refractivity contribution < 1.29 is 5.11 Å². The van der Waals surface area contributed by atoms with Gasteiger partial charge in [-0.15, -0.1) is 0 Å². The van der Waals surface area contributed by atoms with E-state index in [0.717, 1.165) is 37.8 Å². The fourth-order valence-electron chi connectivity index (χ4n) is 4.11. The molecular formula is C22H27NO. The van der Waals surface area contributed by atoms with Gasteiger partial charge in [-0.25, -0.2) is 0 Å². The molecule has 1 fully saturated rings. The molecule has 0 spiro atoms. The summed E-state index contributed by atoms with van der Waals surface area (Å²) < 4.78 is 0. The molecule has 24 heavy (non-hydrogen) atoms. The number of hydrogen-bond donors (Lipinski definition) is 1. The topological polar surface area (TPSA) is 23.5 Å². The van der Waals surface area contributed by atoms with Crippen LogP contribution in [0.25, 0.3) is 0 Å². The molecule has 4 aliphatic carbocycles. The largest absolute Gasteiger partial charge is 0.507 e. The monoisotopic (exact) mass is 321 g/mol. The van der Waals surface area contributed by atoms with E-state index >= 15 is 0 Å². The molecule has 1 aliphatic heterocycles. The van der Waals surface area contributed by atoms with Crippen molar-refractivity contribution in [3.8, 4) is 5.75 Å². The molecule has 0 aromatic heterocycles.